The van der Waals surface area contributed by atoms with Crippen LogP contribution < -0.4 is 11.2 Å². The van der Waals surface area contributed by atoms with Crippen LogP contribution in [0.5, 0.6) is 0 Å². The Kier molecular flexibility index (Phi) is 7.09. The van der Waals surface area contributed by atoms with E-state index in [2.05, 4.69) is 18.8 Å². The lowest BCUT2D eigenvalue weighted by Gasteiger charge is -2.31. The average Bonchev–Trinajstić information content (AvgIpc) is 3.18. The molecule has 158 valence electrons. The second-order valence-corrected chi connectivity index (χ2v) is 7.75. The average molecular weight is 396 g/mol. The third kappa shape index (κ3) is 4.40. The van der Waals surface area contributed by atoms with Crippen LogP contribution >= 0.6 is 0 Å². The molecule has 3 rings (SSSR count). The quantitative estimate of drug-likeness (QED) is 0.587. The van der Waals surface area contributed by atoms with Gasteiger partial charge in [-0.05, 0) is 12.8 Å². The van der Waals surface area contributed by atoms with Crippen LogP contribution in [0.15, 0.2) is 21.9 Å². The third-order valence-corrected chi connectivity index (χ3v) is 5.61. The number of hydrogen-bond donors (Lipinski definition) is 2. The topological polar surface area (TPSA) is 103 Å². The second kappa shape index (κ2) is 9.35. The van der Waals surface area contributed by atoms with Crippen LogP contribution in [0.1, 0.15) is 71.4 Å². The van der Waals surface area contributed by atoms with E-state index in [-0.39, 0.29) is 6.61 Å². The van der Waals surface area contributed by atoms with Crippen molar-refractivity contribution in [2.75, 3.05) is 6.61 Å². The van der Waals surface area contributed by atoms with E-state index in [1.165, 1.54) is 16.8 Å². The molecule has 28 heavy (non-hydrogen) atoms. The third-order valence-electron chi connectivity index (χ3n) is 5.61. The lowest BCUT2D eigenvalue weighted by Crippen LogP contribution is -2.38. The van der Waals surface area contributed by atoms with Crippen molar-refractivity contribution in [3.8, 4) is 0 Å². The number of nitrogens with one attached hydrogen (secondary N) is 1. The van der Waals surface area contributed by atoms with Gasteiger partial charge in [-0.1, -0.05) is 39.5 Å². The number of H-pyrrole nitrogens is 1. The van der Waals surface area contributed by atoms with Crippen molar-refractivity contribution in [3.05, 3.63) is 33.1 Å². The lowest BCUT2D eigenvalue weighted by atomic mass is 10.0. The molecule has 2 aliphatic rings. The van der Waals surface area contributed by atoms with Crippen LogP contribution in [0, 0.1) is 0 Å². The Morgan fingerprint density at radius 3 is 2.29 bits per heavy atom. The summed E-state index contributed by atoms with van der Waals surface area (Å²) in [5, 5.41) is 9.78. The van der Waals surface area contributed by atoms with Crippen molar-refractivity contribution in [2.24, 2.45) is 0 Å². The Bertz CT molecular complexity index is 735. The molecule has 8 heteroatoms. The smallest absolute Gasteiger partial charge is 0.330 e. The van der Waals surface area contributed by atoms with Gasteiger partial charge < -0.3 is 19.3 Å². The predicted molar refractivity (Wildman–Crippen MR) is 103 cm³/mol. The molecule has 8 nitrogen and oxygen atoms in total. The van der Waals surface area contributed by atoms with Gasteiger partial charge in [-0.15, -0.1) is 0 Å². The standard InChI is InChI=1S/C20H32N2O6/c1-3-5-7-10-20(11-8-6-4-2)27-16-14(13-23)26-18(17(16)28-20)22-12-9-15(24)21-19(22)25/h9,12,14,16-18,23H,3-8,10-11,13H2,1-2H3,(H,21,24,25)/t14-,16-,17-,18-/m1/s1. The number of aromatic amines is 1. The Labute approximate surface area is 164 Å². The minimum absolute atomic E-state index is 0.223. The zero-order chi connectivity index (χ0) is 20.1. The molecule has 2 fully saturated rings. The molecule has 0 radical (unpaired) electrons. The van der Waals surface area contributed by atoms with Crippen molar-refractivity contribution < 1.29 is 19.3 Å². The van der Waals surface area contributed by atoms with Crippen molar-refractivity contribution in [3.63, 3.8) is 0 Å². The molecule has 0 aromatic carbocycles. The van der Waals surface area contributed by atoms with Crippen molar-refractivity contribution in [1.82, 2.24) is 9.55 Å². The largest absolute Gasteiger partial charge is 0.394 e. The summed E-state index contributed by atoms with van der Waals surface area (Å²) in [5.74, 6) is -0.707. The zero-order valence-corrected chi connectivity index (χ0v) is 16.8. The molecular formula is C20H32N2O6. The molecule has 4 atom stereocenters. The molecule has 0 spiro atoms. The number of nitrogens with zero attached hydrogens (tertiary/aromatic N) is 1. The number of fused-ring (bicyclic) bond motifs is 1. The van der Waals surface area contributed by atoms with Crippen molar-refractivity contribution >= 4 is 0 Å². The minimum Gasteiger partial charge on any atom is -0.394 e. The maximum absolute atomic E-state index is 12.3. The normalized spacial score (nSPS) is 28.5. The van der Waals surface area contributed by atoms with Crippen LogP contribution in [-0.2, 0) is 14.2 Å². The molecule has 2 saturated heterocycles. The monoisotopic (exact) mass is 396 g/mol. The van der Waals surface area contributed by atoms with Gasteiger partial charge in [-0.3, -0.25) is 14.3 Å². The molecule has 0 unspecified atom stereocenters. The van der Waals surface area contributed by atoms with Gasteiger partial charge in [0.25, 0.3) is 5.56 Å². The zero-order valence-electron chi connectivity index (χ0n) is 16.8. The molecule has 3 heterocycles. The van der Waals surface area contributed by atoms with Crippen LogP contribution in [0.2, 0.25) is 0 Å². The number of hydrogen-bond acceptors (Lipinski definition) is 6. The van der Waals surface area contributed by atoms with E-state index in [0.717, 1.165) is 51.4 Å². The maximum atomic E-state index is 12.3. The fourth-order valence-electron chi connectivity index (χ4n) is 4.15. The summed E-state index contributed by atoms with van der Waals surface area (Å²) in [6, 6.07) is 1.28. The highest BCUT2D eigenvalue weighted by atomic mass is 16.8. The first-order valence-electron chi connectivity index (χ1n) is 10.5. The van der Waals surface area contributed by atoms with E-state index in [4.69, 9.17) is 14.2 Å². The summed E-state index contributed by atoms with van der Waals surface area (Å²) in [5.41, 5.74) is -1.03. The molecule has 0 amide bonds. The SMILES string of the molecule is CCCCCC1(CCCCC)O[C@@H]2[C@H](O1)[C@@H](CO)O[C@H]2n1ccc(=O)[nH]c1=O. The van der Waals surface area contributed by atoms with Crippen LogP contribution in [-0.4, -0.2) is 45.4 Å². The van der Waals surface area contributed by atoms with Crippen molar-refractivity contribution in [1.29, 1.82) is 0 Å². The number of aliphatic hydroxyl groups is 1. The highest BCUT2D eigenvalue weighted by Crippen LogP contribution is 2.46. The summed E-state index contributed by atoms with van der Waals surface area (Å²) in [4.78, 5) is 25.9. The van der Waals surface area contributed by atoms with Gasteiger partial charge in [-0.2, -0.15) is 0 Å². The van der Waals surface area contributed by atoms with E-state index in [0.29, 0.717) is 0 Å². The van der Waals surface area contributed by atoms with Crippen LogP contribution in [0.4, 0.5) is 0 Å². The molecule has 2 aliphatic heterocycles. The first-order valence-corrected chi connectivity index (χ1v) is 10.5. The molecule has 2 N–H and O–H groups in total. The van der Waals surface area contributed by atoms with Gasteiger partial charge in [0.1, 0.15) is 18.3 Å². The Morgan fingerprint density at radius 2 is 1.71 bits per heavy atom. The lowest BCUT2D eigenvalue weighted by molar-refractivity contribution is -0.228. The summed E-state index contributed by atoms with van der Waals surface area (Å²) >= 11 is 0. The van der Waals surface area contributed by atoms with E-state index in [1.807, 2.05) is 0 Å². The molecule has 0 saturated carbocycles. The summed E-state index contributed by atoms with van der Waals surface area (Å²) in [7, 11) is 0. The van der Waals surface area contributed by atoms with E-state index < -0.39 is 41.6 Å². The minimum atomic E-state index is -0.745. The summed E-state index contributed by atoms with van der Waals surface area (Å²) < 4.78 is 20.0. The number of ether oxygens (including phenoxy) is 3. The predicted octanol–water partition coefficient (Wildman–Crippen LogP) is 2.07. The second-order valence-electron chi connectivity index (χ2n) is 7.75. The molecule has 1 aromatic rings. The van der Waals surface area contributed by atoms with Crippen LogP contribution in [0.3, 0.4) is 0 Å². The van der Waals surface area contributed by atoms with Gasteiger partial charge in [0.2, 0.25) is 0 Å². The van der Waals surface area contributed by atoms with Gasteiger partial charge in [0.05, 0.1) is 6.61 Å². The highest BCUT2D eigenvalue weighted by molar-refractivity contribution is 5.00. The highest BCUT2D eigenvalue weighted by Gasteiger charge is 2.58. The number of aliphatic hydroxyl groups excluding tert-OH is 1. The van der Waals surface area contributed by atoms with E-state index in [9.17, 15) is 14.7 Å². The summed E-state index contributed by atoms with van der Waals surface area (Å²) in [6.45, 7) is 4.09. The Hall–Kier alpha value is -1.48. The Balaban J connectivity index is 1.84. The number of aromatic nitrogens is 2. The first-order chi connectivity index (χ1) is 13.5. The van der Waals surface area contributed by atoms with Gasteiger partial charge in [-0.25, -0.2) is 4.79 Å². The number of unbranched alkanes of at least 4 members (excludes halogenated alkanes) is 4. The van der Waals surface area contributed by atoms with Crippen LogP contribution in [0.25, 0.3) is 0 Å². The van der Waals surface area contributed by atoms with Gasteiger partial charge >= 0.3 is 5.69 Å². The Morgan fingerprint density at radius 1 is 1.07 bits per heavy atom. The van der Waals surface area contributed by atoms with Gasteiger partial charge in [0.15, 0.2) is 12.0 Å². The molecule has 0 aliphatic carbocycles. The van der Waals surface area contributed by atoms with Gasteiger partial charge in [0, 0.05) is 25.1 Å². The molecule has 1 aromatic heterocycles. The fourth-order valence-corrected chi connectivity index (χ4v) is 4.15. The number of rotatable bonds is 10. The molecule has 0 bridgehead atoms. The summed E-state index contributed by atoms with van der Waals surface area (Å²) in [6.07, 6.45) is 7.09. The maximum Gasteiger partial charge on any atom is 0.330 e. The fraction of sp³-hybridized carbons (Fsp3) is 0.800. The molecular weight excluding hydrogens is 364 g/mol. The first kappa shape index (κ1) is 21.2. The van der Waals surface area contributed by atoms with Crippen molar-refractivity contribution in [2.45, 2.75) is 95.5 Å². The van der Waals surface area contributed by atoms with E-state index in [1.54, 1.807) is 0 Å². The van der Waals surface area contributed by atoms with E-state index >= 15 is 0 Å².